The SMILES string of the molecule is CCNc1nc(=O)n2cccc(C)c2n1. The number of anilines is 1. The number of hydrogen-bond acceptors (Lipinski definition) is 4. The van der Waals surface area contributed by atoms with Crippen LogP contribution >= 0.6 is 0 Å². The van der Waals surface area contributed by atoms with Crippen LogP contribution in [0.3, 0.4) is 0 Å². The molecule has 0 radical (unpaired) electrons. The van der Waals surface area contributed by atoms with Crippen molar-refractivity contribution in [1.29, 1.82) is 0 Å². The van der Waals surface area contributed by atoms with Crippen LogP contribution in [-0.2, 0) is 0 Å². The highest BCUT2D eigenvalue weighted by Crippen LogP contribution is 2.05. The van der Waals surface area contributed by atoms with Crippen molar-refractivity contribution < 1.29 is 0 Å². The lowest BCUT2D eigenvalue weighted by molar-refractivity contribution is 0.927. The number of aryl methyl sites for hydroxylation is 1. The minimum atomic E-state index is -0.306. The van der Waals surface area contributed by atoms with Gasteiger partial charge in [0.05, 0.1) is 0 Å². The number of rotatable bonds is 2. The van der Waals surface area contributed by atoms with E-state index in [9.17, 15) is 4.79 Å². The predicted molar refractivity (Wildman–Crippen MR) is 58.2 cm³/mol. The molecule has 0 aliphatic carbocycles. The topological polar surface area (TPSA) is 59.3 Å². The first-order valence-electron chi connectivity index (χ1n) is 4.82. The third-order valence-corrected chi connectivity index (χ3v) is 2.12. The second-order valence-electron chi connectivity index (χ2n) is 3.24. The van der Waals surface area contributed by atoms with Gasteiger partial charge in [-0.1, -0.05) is 6.07 Å². The summed E-state index contributed by atoms with van der Waals surface area (Å²) in [4.78, 5) is 19.7. The van der Waals surface area contributed by atoms with Crippen LogP contribution < -0.4 is 11.0 Å². The normalized spacial score (nSPS) is 10.5. The largest absolute Gasteiger partial charge is 0.356 e. The highest BCUT2D eigenvalue weighted by molar-refractivity contribution is 5.48. The molecule has 2 aromatic heterocycles. The summed E-state index contributed by atoms with van der Waals surface area (Å²) in [6, 6.07) is 3.72. The molecule has 0 spiro atoms. The van der Waals surface area contributed by atoms with Crippen molar-refractivity contribution in [2.75, 3.05) is 11.9 Å². The molecule has 78 valence electrons. The van der Waals surface area contributed by atoms with Gasteiger partial charge in [0.15, 0.2) is 0 Å². The number of hydrogen-bond donors (Lipinski definition) is 1. The molecule has 5 nitrogen and oxygen atoms in total. The average Bonchev–Trinajstić information content (AvgIpc) is 2.20. The van der Waals surface area contributed by atoms with Gasteiger partial charge < -0.3 is 5.32 Å². The molecule has 0 saturated carbocycles. The summed E-state index contributed by atoms with van der Waals surface area (Å²) in [6.07, 6.45) is 1.67. The lowest BCUT2D eigenvalue weighted by atomic mass is 10.3. The van der Waals surface area contributed by atoms with Gasteiger partial charge >= 0.3 is 5.69 Å². The van der Waals surface area contributed by atoms with Crippen LogP contribution in [0, 0.1) is 6.92 Å². The van der Waals surface area contributed by atoms with Gasteiger partial charge in [-0.25, -0.2) is 4.79 Å². The second-order valence-corrected chi connectivity index (χ2v) is 3.24. The molecule has 0 aromatic carbocycles. The van der Waals surface area contributed by atoms with E-state index >= 15 is 0 Å². The summed E-state index contributed by atoms with van der Waals surface area (Å²) in [5, 5.41) is 2.93. The average molecular weight is 204 g/mol. The van der Waals surface area contributed by atoms with E-state index in [1.807, 2.05) is 19.9 Å². The number of nitrogens with one attached hydrogen (secondary N) is 1. The summed E-state index contributed by atoms with van der Waals surface area (Å²) in [5.41, 5.74) is 1.30. The van der Waals surface area contributed by atoms with E-state index in [1.165, 1.54) is 4.40 Å². The van der Waals surface area contributed by atoms with Gasteiger partial charge in [0.25, 0.3) is 0 Å². The van der Waals surface area contributed by atoms with Crippen molar-refractivity contribution in [3.63, 3.8) is 0 Å². The van der Waals surface area contributed by atoms with Crippen LogP contribution in [0.4, 0.5) is 5.95 Å². The van der Waals surface area contributed by atoms with Crippen molar-refractivity contribution in [2.45, 2.75) is 13.8 Å². The third kappa shape index (κ3) is 1.68. The molecule has 0 aliphatic heterocycles. The van der Waals surface area contributed by atoms with Crippen LogP contribution in [0.1, 0.15) is 12.5 Å². The number of pyridine rings is 1. The van der Waals surface area contributed by atoms with Crippen molar-refractivity contribution in [2.24, 2.45) is 0 Å². The zero-order valence-corrected chi connectivity index (χ0v) is 8.69. The Morgan fingerprint density at radius 3 is 3.00 bits per heavy atom. The molecule has 0 fully saturated rings. The second kappa shape index (κ2) is 3.68. The number of aromatic nitrogens is 3. The van der Waals surface area contributed by atoms with Crippen molar-refractivity contribution in [3.8, 4) is 0 Å². The maximum absolute atomic E-state index is 11.6. The summed E-state index contributed by atoms with van der Waals surface area (Å²) in [7, 11) is 0. The summed E-state index contributed by atoms with van der Waals surface area (Å²) in [5.74, 6) is 0.386. The Hall–Kier alpha value is -1.91. The van der Waals surface area contributed by atoms with E-state index in [2.05, 4.69) is 15.3 Å². The molecule has 1 N–H and O–H groups in total. The Morgan fingerprint density at radius 1 is 1.47 bits per heavy atom. The highest BCUT2D eigenvalue weighted by Gasteiger charge is 2.03. The summed E-state index contributed by atoms with van der Waals surface area (Å²) in [6.45, 7) is 4.54. The molecule has 0 saturated heterocycles. The smallest absolute Gasteiger partial charge is 0.354 e. The maximum Gasteiger partial charge on any atom is 0.356 e. The molecule has 0 amide bonds. The molecule has 5 heteroatoms. The van der Waals surface area contributed by atoms with Crippen LogP contribution in [0.25, 0.3) is 5.65 Å². The lowest BCUT2D eigenvalue weighted by Gasteiger charge is -2.05. The standard InChI is InChI=1S/C10H12N4O/c1-3-11-9-12-8-7(2)5-4-6-14(8)10(15)13-9/h4-6H,3H2,1-2H3,(H,11,13,15). The minimum absolute atomic E-state index is 0.306. The zero-order chi connectivity index (χ0) is 10.8. The molecule has 2 aromatic rings. The Balaban J connectivity index is 2.74. The Morgan fingerprint density at radius 2 is 2.27 bits per heavy atom. The van der Waals surface area contributed by atoms with E-state index in [0.717, 1.165) is 5.56 Å². The molecule has 0 aliphatic rings. The molecule has 2 heterocycles. The van der Waals surface area contributed by atoms with Crippen LogP contribution in [0.5, 0.6) is 0 Å². The fourth-order valence-electron chi connectivity index (χ4n) is 1.41. The molecule has 0 bridgehead atoms. The quantitative estimate of drug-likeness (QED) is 0.787. The van der Waals surface area contributed by atoms with Gasteiger partial charge in [-0.2, -0.15) is 9.97 Å². The van der Waals surface area contributed by atoms with E-state index in [0.29, 0.717) is 18.1 Å². The first-order chi connectivity index (χ1) is 7.22. The third-order valence-electron chi connectivity index (χ3n) is 2.12. The van der Waals surface area contributed by atoms with E-state index in [4.69, 9.17) is 0 Å². The van der Waals surface area contributed by atoms with Gasteiger partial charge in [0.2, 0.25) is 5.95 Å². The molecule has 15 heavy (non-hydrogen) atoms. The Kier molecular flexibility index (Phi) is 2.37. The summed E-state index contributed by atoms with van der Waals surface area (Å²) < 4.78 is 1.44. The fourth-order valence-corrected chi connectivity index (χ4v) is 1.41. The maximum atomic E-state index is 11.6. The summed E-state index contributed by atoms with van der Waals surface area (Å²) >= 11 is 0. The molecule has 0 unspecified atom stereocenters. The van der Waals surface area contributed by atoms with Crippen molar-refractivity contribution in [3.05, 3.63) is 34.4 Å². The molecule has 2 rings (SSSR count). The van der Waals surface area contributed by atoms with Crippen LogP contribution in [0.2, 0.25) is 0 Å². The van der Waals surface area contributed by atoms with Gasteiger partial charge in [0, 0.05) is 12.7 Å². The monoisotopic (exact) mass is 204 g/mol. The first kappa shape index (κ1) is 9.64. The zero-order valence-electron chi connectivity index (χ0n) is 8.69. The molecule has 0 atom stereocenters. The Labute approximate surface area is 86.8 Å². The predicted octanol–water partition coefficient (Wildman–Crippen LogP) is 0.830. The molecular weight excluding hydrogens is 192 g/mol. The first-order valence-corrected chi connectivity index (χ1v) is 4.82. The van der Waals surface area contributed by atoms with Gasteiger partial charge in [-0.3, -0.25) is 4.40 Å². The van der Waals surface area contributed by atoms with Gasteiger partial charge in [0.1, 0.15) is 5.65 Å². The lowest BCUT2D eigenvalue weighted by Crippen LogP contribution is -2.21. The van der Waals surface area contributed by atoms with E-state index < -0.39 is 0 Å². The van der Waals surface area contributed by atoms with Crippen LogP contribution in [0.15, 0.2) is 23.1 Å². The van der Waals surface area contributed by atoms with Gasteiger partial charge in [-0.05, 0) is 25.5 Å². The van der Waals surface area contributed by atoms with Crippen molar-refractivity contribution >= 4 is 11.6 Å². The minimum Gasteiger partial charge on any atom is -0.354 e. The van der Waals surface area contributed by atoms with Crippen molar-refractivity contribution in [1.82, 2.24) is 14.4 Å². The number of fused-ring (bicyclic) bond motifs is 1. The van der Waals surface area contributed by atoms with E-state index in [1.54, 1.807) is 12.3 Å². The number of nitrogens with zero attached hydrogens (tertiary/aromatic N) is 3. The van der Waals surface area contributed by atoms with Gasteiger partial charge in [-0.15, -0.1) is 0 Å². The van der Waals surface area contributed by atoms with E-state index in [-0.39, 0.29) is 5.69 Å². The van der Waals surface area contributed by atoms with Crippen LogP contribution in [-0.4, -0.2) is 20.9 Å². The highest BCUT2D eigenvalue weighted by atomic mass is 16.1. The fraction of sp³-hybridized carbons (Fsp3) is 0.300. The molecular formula is C10H12N4O. The Bertz CT molecular complexity index is 547.